The third-order valence-corrected chi connectivity index (χ3v) is 7.63. The number of alkyl halides is 3. The summed E-state index contributed by atoms with van der Waals surface area (Å²) in [4.78, 5) is 42.6. The van der Waals surface area contributed by atoms with Gasteiger partial charge in [0.2, 0.25) is 0 Å². The summed E-state index contributed by atoms with van der Waals surface area (Å²) in [6.45, 7) is 1.10. The first-order chi connectivity index (χ1) is 19.6. The van der Waals surface area contributed by atoms with Crippen LogP contribution in [0.1, 0.15) is 49.9 Å². The molecule has 3 N–H and O–H groups in total. The summed E-state index contributed by atoms with van der Waals surface area (Å²) in [6.07, 6.45) is -0.258. The zero-order valence-corrected chi connectivity index (χ0v) is 24.1. The number of halogens is 5. The van der Waals surface area contributed by atoms with Crippen LogP contribution in [0.5, 0.6) is 11.5 Å². The van der Waals surface area contributed by atoms with Gasteiger partial charge in [0.15, 0.2) is 12.2 Å². The Morgan fingerprint density at radius 3 is 2.29 bits per heavy atom. The van der Waals surface area contributed by atoms with Gasteiger partial charge in [-0.25, -0.2) is 9.78 Å². The van der Waals surface area contributed by atoms with E-state index in [-0.39, 0.29) is 51.1 Å². The number of piperidine rings is 1. The molecule has 0 saturated carbocycles. The van der Waals surface area contributed by atoms with Gasteiger partial charge in [-0.15, -0.1) is 0 Å². The van der Waals surface area contributed by atoms with E-state index in [2.05, 4.69) is 15.2 Å². The van der Waals surface area contributed by atoms with Crippen LogP contribution in [0.25, 0.3) is 0 Å². The number of carbonyl (C=O) groups is 3. The number of nitrogens with zero attached hydrogens (tertiary/aromatic N) is 2. The molecule has 0 aliphatic carbocycles. The van der Waals surface area contributed by atoms with Crippen LogP contribution in [-0.2, 0) is 9.59 Å². The Labute approximate surface area is 249 Å². The summed E-state index contributed by atoms with van der Waals surface area (Å²) in [5, 5.41) is 14.0. The number of benzene rings is 1. The minimum atomic E-state index is -4.51. The molecule has 2 aromatic rings. The Bertz CT molecular complexity index is 1330. The standard InChI is InChI=1S/C27H29Cl2F3N4O6/c1-26(2,42-21-10-20(41-12-23(37)38)18(28)9-19(21)29)25(40)35-15-7-16-4-5-17(8-15)36(16)22-6-3-14(11-33-22)24(39)34-13-27(30,31)32/h3,6,9-11,15-17H,4-5,7-8,12-13H2,1-2H3,(H,34,39)(H,35,40)(H,37,38)/t15-,16+,17-. The van der Waals surface area contributed by atoms with Crippen molar-refractivity contribution in [3.8, 4) is 11.5 Å². The number of rotatable bonds is 10. The van der Waals surface area contributed by atoms with Crippen LogP contribution in [-0.4, -0.2) is 70.9 Å². The minimum Gasteiger partial charge on any atom is -0.480 e. The summed E-state index contributed by atoms with van der Waals surface area (Å²) in [5.41, 5.74) is -1.33. The fraction of sp³-hybridized carbons (Fsp3) is 0.481. The lowest BCUT2D eigenvalue weighted by atomic mass is 9.96. The zero-order valence-electron chi connectivity index (χ0n) is 22.6. The van der Waals surface area contributed by atoms with E-state index >= 15 is 0 Å². The molecule has 0 radical (unpaired) electrons. The van der Waals surface area contributed by atoms with E-state index in [1.165, 1.54) is 24.4 Å². The van der Waals surface area contributed by atoms with Gasteiger partial charge in [-0.05, 0) is 57.7 Å². The maximum Gasteiger partial charge on any atom is 0.405 e. The number of fused-ring (bicyclic) bond motifs is 2. The van der Waals surface area contributed by atoms with E-state index < -0.39 is 36.8 Å². The molecule has 1 aromatic carbocycles. The van der Waals surface area contributed by atoms with Gasteiger partial charge in [-0.2, -0.15) is 13.2 Å². The van der Waals surface area contributed by atoms with Crippen molar-refractivity contribution in [1.82, 2.24) is 15.6 Å². The topological polar surface area (TPSA) is 130 Å². The van der Waals surface area contributed by atoms with Crippen molar-refractivity contribution in [2.75, 3.05) is 18.1 Å². The van der Waals surface area contributed by atoms with E-state index in [1.807, 2.05) is 5.32 Å². The summed E-state index contributed by atoms with van der Waals surface area (Å²) in [5.74, 6) is -1.68. The second-order valence-corrected chi connectivity index (χ2v) is 11.5. The highest BCUT2D eigenvalue weighted by atomic mass is 35.5. The number of nitrogens with one attached hydrogen (secondary N) is 2. The maximum absolute atomic E-state index is 13.3. The van der Waals surface area contributed by atoms with Gasteiger partial charge in [0.1, 0.15) is 23.9 Å². The maximum atomic E-state index is 13.3. The molecule has 3 heterocycles. The number of hydrogen-bond acceptors (Lipinski definition) is 7. The van der Waals surface area contributed by atoms with Gasteiger partial charge in [0.25, 0.3) is 11.8 Å². The quantitative estimate of drug-likeness (QED) is 0.346. The van der Waals surface area contributed by atoms with Crippen LogP contribution in [0.3, 0.4) is 0 Å². The van der Waals surface area contributed by atoms with E-state index in [9.17, 15) is 27.6 Å². The molecule has 1 aromatic heterocycles. The number of anilines is 1. The summed E-state index contributed by atoms with van der Waals surface area (Å²) < 4.78 is 48.3. The van der Waals surface area contributed by atoms with Gasteiger partial charge < -0.3 is 30.1 Å². The number of aliphatic carboxylic acids is 1. The molecule has 2 saturated heterocycles. The molecule has 0 unspecified atom stereocenters. The third-order valence-electron chi connectivity index (χ3n) is 7.04. The number of carbonyl (C=O) groups excluding carboxylic acids is 2. The second kappa shape index (κ2) is 12.4. The molecule has 2 amide bonds. The van der Waals surface area contributed by atoms with E-state index in [0.29, 0.717) is 18.7 Å². The van der Waals surface area contributed by atoms with Crippen LogP contribution >= 0.6 is 23.2 Å². The molecule has 3 atom stereocenters. The molecule has 10 nitrogen and oxygen atoms in total. The Kier molecular flexibility index (Phi) is 9.31. The molecule has 2 aliphatic rings. The Balaban J connectivity index is 1.36. The van der Waals surface area contributed by atoms with Crippen LogP contribution in [0.2, 0.25) is 10.0 Å². The zero-order chi connectivity index (χ0) is 30.8. The second-order valence-electron chi connectivity index (χ2n) is 10.6. The van der Waals surface area contributed by atoms with Crippen molar-refractivity contribution in [3.05, 3.63) is 46.1 Å². The van der Waals surface area contributed by atoms with E-state index in [4.69, 9.17) is 37.8 Å². The highest BCUT2D eigenvalue weighted by Crippen LogP contribution is 2.40. The average molecular weight is 633 g/mol. The predicted molar refractivity (Wildman–Crippen MR) is 147 cm³/mol. The molecular formula is C27H29Cl2F3N4O6. The van der Waals surface area contributed by atoms with Crippen molar-refractivity contribution in [2.24, 2.45) is 0 Å². The monoisotopic (exact) mass is 632 g/mol. The summed E-state index contributed by atoms with van der Waals surface area (Å²) >= 11 is 12.3. The van der Waals surface area contributed by atoms with Crippen molar-refractivity contribution in [1.29, 1.82) is 0 Å². The normalized spacial score (nSPS) is 20.2. The molecule has 228 valence electrons. The highest BCUT2D eigenvalue weighted by molar-refractivity contribution is 6.36. The largest absolute Gasteiger partial charge is 0.480 e. The summed E-state index contributed by atoms with van der Waals surface area (Å²) in [6, 6.07) is 5.71. The molecule has 42 heavy (non-hydrogen) atoms. The highest BCUT2D eigenvalue weighted by Gasteiger charge is 2.43. The van der Waals surface area contributed by atoms with Crippen LogP contribution < -0.4 is 25.0 Å². The number of ether oxygens (including phenoxy) is 2. The van der Waals surface area contributed by atoms with Gasteiger partial charge >= 0.3 is 12.1 Å². The number of hydrogen-bond donors (Lipinski definition) is 3. The first-order valence-corrected chi connectivity index (χ1v) is 13.8. The lowest BCUT2D eigenvalue weighted by molar-refractivity contribution is -0.139. The molecule has 4 rings (SSSR count). The number of carboxylic acids is 1. The fourth-order valence-electron chi connectivity index (χ4n) is 5.14. The molecule has 2 aliphatic heterocycles. The Morgan fingerprint density at radius 1 is 1.07 bits per heavy atom. The predicted octanol–water partition coefficient (Wildman–Crippen LogP) is 4.62. The van der Waals surface area contributed by atoms with Crippen molar-refractivity contribution in [3.63, 3.8) is 0 Å². The third kappa shape index (κ3) is 7.68. The van der Waals surface area contributed by atoms with Crippen LogP contribution in [0.4, 0.5) is 19.0 Å². The molecule has 2 bridgehead atoms. The van der Waals surface area contributed by atoms with Crippen LogP contribution in [0.15, 0.2) is 30.5 Å². The van der Waals surface area contributed by atoms with Crippen molar-refractivity contribution < 1.29 is 42.1 Å². The number of pyridine rings is 1. The van der Waals surface area contributed by atoms with Crippen molar-refractivity contribution >= 4 is 46.8 Å². The van der Waals surface area contributed by atoms with Gasteiger partial charge in [-0.3, -0.25) is 9.59 Å². The first-order valence-electron chi connectivity index (χ1n) is 13.1. The van der Waals surface area contributed by atoms with Gasteiger partial charge in [0, 0.05) is 30.4 Å². The molecule has 15 heteroatoms. The number of amides is 2. The fourth-order valence-corrected chi connectivity index (χ4v) is 5.62. The van der Waals surface area contributed by atoms with Gasteiger partial charge in [-0.1, -0.05) is 23.2 Å². The SMILES string of the molecule is CC(C)(Oc1cc(OCC(=O)O)c(Cl)cc1Cl)C(=O)N[C@H]1C[C@H]2CC[C@@H](C1)N2c1ccc(C(=O)NCC(F)(F)F)cn1. The minimum absolute atomic E-state index is 0.0288. The van der Waals surface area contributed by atoms with E-state index in [0.717, 1.165) is 12.8 Å². The number of aromatic nitrogens is 1. The average Bonchev–Trinajstić information content (AvgIpc) is 3.17. The van der Waals surface area contributed by atoms with Crippen molar-refractivity contribution in [2.45, 2.75) is 69.4 Å². The summed E-state index contributed by atoms with van der Waals surface area (Å²) in [7, 11) is 0. The molecular weight excluding hydrogens is 604 g/mol. The molecule has 0 spiro atoms. The van der Waals surface area contributed by atoms with E-state index in [1.54, 1.807) is 19.9 Å². The van der Waals surface area contributed by atoms with Crippen LogP contribution in [0, 0.1) is 0 Å². The van der Waals surface area contributed by atoms with Gasteiger partial charge in [0.05, 0.1) is 15.6 Å². The molecule has 2 fully saturated rings. The Hall–Kier alpha value is -3.45. The smallest absolute Gasteiger partial charge is 0.405 e. The number of carboxylic acid groups (broad SMARTS) is 1. The first kappa shape index (κ1) is 31.5. The lowest BCUT2D eigenvalue weighted by Gasteiger charge is -2.40. The Morgan fingerprint density at radius 2 is 1.71 bits per heavy atom. The lowest BCUT2D eigenvalue weighted by Crippen LogP contribution is -2.55.